The number of nitrogens with zero attached hydrogens (tertiary/aromatic N) is 3. The number of carbonyl (C=O) groups is 1. The highest BCUT2D eigenvalue weighted by atomic mass is 16.5. The number of hydrogen-bond acceptors (Lipinski definition) is 5. The number of aryl methyl sites for hydroxylation is 1. The summed E-state index contributed by atoms with van der Waals surface area (Å²) in [6, 6.07) is 10.1. The third kappa shape index (κ3) is 3.00. The number of fused-ring (bicyclic) bond motifs is 1. The number of benzene rings is 1. The van der Waals surface area contributed by atoms with Crippen molar-refractivity contribution in [2.45, 2.75) is 18.9 Å². The molecule has 7 heteroatoms. The predicted octanol–water partition coefficient (Wildman–Crippen LogP) is 2.10. The lowest BCUT2D eigenvalue weighted by Crippen LogP contribution is -2.47. The molecule has 0 saturated carbocycles. The van der Waals surface area contributed by atoms with Gasteiger partial charge in [0.25, 0.3) is 5.91 Å². The smallest absolute Gasteiger partial charge is 0.336 e. The van der Waals surface area contributed by atoms with E-state index in [1.165, 1.54) is 6.07 Å². The Labute approximate surface area is 143 Å². The van der Waals surface area contributed by atoms with Crippen LogP contribution in [-0.2, 0) is 11.8 Å². The van der Waals surface area contributed by atoms with Gasteiger partial charge in [0.05, 0.1) is 0 Å². The Morgan fingerprint density at radius 2 is 2.04 bits per heavy atom. The summed E-state index contributed by atoms with van der Waals surface area (Å²) < 4.78 is 12.7. The zero-order chi connectivity index (χ0) is 17.4. The van der Waals surface area contributed by atoms with Gasteiger partial charge in [-0.3, -0.25) is 14.4 Å². The molecule has 0 radical (unpaired) electrons. The fraction of sp³-hybridized carbons (Fsp3) is 0.278. The molecule has 1 amide bonds. The van der Waals surface area contributed by atoms with Gasteiger partial charge >= 0.3 is 5.63 Å². The van der Waals surface area contributed by atoms with Gasteiger partial charge in [0.1, 0.15) is 11.3 Å². The van der Waals surface area contributed by atoms with Crippen LogP contribution >= 0.6 is 0 Å². The van der Waals surface area contributed by atoms with Gasteiger partial charge in [0.15, 0.2) is 11.9 Å². The molecule has 1 saturated heterocycles. The van der Waals surface area contributed by atoms with E-state index in [9.17, 15) is 9.59 Å². The molecule has 1 atom stereocenters. The Morgan fingerprint density at radius 1 is 1.20 bits per heavy atom. The van der Waals surface area contributed by atoms with Gasteiger partial charge in [0, 0.05) is 43.4 Å². The zero-order valence-corrected chi connectivity index (χ0v) is 13.7. The largest absolute Gasteiger partial charge is 0.480 e. The number of hydrogen-bond donors (Lipinski definition) is 0. The highest BCUT2D eigenvalue weighted by Crippen LogP contribution is 2.25. The minimum atomic E-state index is -0.580. The first-order valence-electron chi connectivity index (χ1n) is 8.12. The highest BCUT2D eigenvalue weighted by Gasteiger charge is 2.32. The monoisotopic (exact) mass is 339 g/mol. The summed E-state index contributed by atoms with van der Waals surface area (Å²) in [5, 5.41) is 5.10. The molecule has 1 aliphatic rings. The van der Waals surface area contributed by atoms with E-state index < -0.39 is 11.7 Å². The van der Waals surface area contributed by atoms with Gasteiger partial charge in [-0.05, 0) is 31.0 Å². The summed E-state index contributed by atoms with van der Waals surface area (Å²) in [4.78, 5) is 25.7. The van der Waals surface area contributed by atoms with Crippen molar-refractivity contribution in [1.82, 2.24) is 9.78 Å². The number of carbonyl (C=O) groups excluding carboxylic acids is 1. The van der Waals surface area contributed by atoms with Crippen molar-refractivity contribution >= 4 is 22.7 Å². The molecule has 4 rings (SSSR count). The zero-order valence-electron chi connectivity index (χ0n) is 13.7. The number of ether oxygens (including phenoxy) is 1. The SMILES string of the molecule is Cn1ccc(N2CCC[C@@H](Oc3ccc4ccc(=O)oc4c3)C2=O)n1. The molecule has 3 heterocycles. The van der Waals surface area contributed by atoms with Gasteiger partial charge in [-0.2, -0.15) is 5.10 Å². The van der Waals surface area contributed by atoms with E-state index in [1.807, 2.05) is 13.1 Å². The lowest BCUT2D eigenvalue weighted by Gasteiger charge is -2.30. The van der Waals surface area contributed by atoms with Crippen LogP contribution in [0.5, 0.6) is 5.75 Å². The van der Waals surface area contributed by atoms with E-state index in [0.29, 0.717) is 30.1 Å². The first-order valence-corrected chi connectivity index (χ1v) is 8.12. The lowest BCUT2D eigenvalue weighted by atomic mass is 10.1. The van der Waals surface area contributed by atoms with Gasteiger partial charge < -0.3 is 9.15 Å². The number of aromatic nitrogens is 2. The molecule has 2 aromatic heterocycles. The minimum Gasteiger partial charge on any atom is -0.480 e. The van der Waals surface area contributed by atoms with Crippen LogP contribution in [-0.4, -0.2) is 28.3 Å². The quantitative estimate of drug-likeness (QED) is 0.683. The standard InChI is InChI=1S/C18H17N3O4/c1-20-10-8-16(19-20)21-9-2-3-14(18(21)23)24-13-6-4-12-5-7-17(22)25-15(12)11-13/h4-8,10-11,14H,2-3,9H2,1H3/t14-/m1/s1. The average Bonchev–Trinajstić information content (AvgIpc) is 3.02. The van der Waals surface area contributed by atoms with Gasteiger partial charge in [-0.15, -0.1) is 0 Å². The summed E-state index contributed by atoms with van der Waals surface area (Å²) in [6.07, 6.45) is 2.69. The van der Waals surface area contributed by atoms with Crippen LogP contribution in [0, 0.1) is 0 Å². The molecule has 25 heavy (non-hydrogen) atoms. The molecule has 0 N–H and O–H groups in total. The van der Waals surface area contributed by atoms with Crippen molar-refractivity contribution in [3.63, 3.8) is 0 Å². The first kappa shape index (κ1) is 15.4. The van der Waals surface area contributed by atoms with Crippen molar-refractivity contribution in [3.8, 4) is 5.75 Å². The number of amides is 1. The van der Waals surface area contributed by atoms with Crippen LogP contribution in [0.1, 0.15) is 12.8 Å². The molecule has 1 aliphatic heterocycles. The van der Waals surface area contributed by atoms with E-state index in [2.05, 4.69) is 5.10 Å². The van der Waals surface area contributed by atoms with E-state index in [-0.39, 0.29) is 5.91 Å². The molecule has 0 aliphatic carbocycles. The van der Waals surface area contributed by atoms with E-state index in [1.54, 1.807) is 40.0 Å². The number of piperidine rings is 1. The lowest BCUT2D eigenvalue weighted by molar-refractivity contribution is -0.127. The van der Waals surface area contributed by atoms with E-state index in [0.717, 1.165) is 11.8 Å². The molecule has 1 aromatic carbocycles. The maximum atomic E-state index is 12.7. The van der Waals surface area contributed by atoms with Crippen LogP contribution in [0.2, 0.25) is 0 Å². The third-order valence-corrected chi connectivity index (χ3v) is 4.24. The molecule has 0 bridgehead atoms. The maximum Gasteiger partial charge on any atom is 0.336 e. The molecular weight excluding hydrogens is 322 g/mol. The van der Waals surface area contributed by atoms with Crippen molar-refractivity contribution in [2.75, 3.05) is 11.4 Å². The molecule has 7 nitrogen and oxygen atoms in total. The average molecular weight is 339 g/mol. The fourth-order valence-electron chi connectivity index (χ4n) is 3.00. The Kier molecular flexibility index (Phi) is 3.76. The Bertz CT molecular complexity index is 991. The topological polar surface area (TPSA) is 77.6 Å². The van der Waals surface area contributed by atoms with E-state index in [4.69, 9.17) is 9.15 Å². The second kappa shape index (κ2) is 6.08. The molecular formula is C18H17N3O4. The van der Waals surface area contributed by atoms with Crippen LogP contribution in [0.25, 0.3) is 11.0 Å². The van der Waals surface area contributed by atoms with Crippen molar-refractivity contribution < 1.29 is 13.9 Å². The predicted molar refractivity (Wildman–Crippen MR) is 91.7 cm³/mol. The second-order valence-corrected chi connectivity index (χ2v) is 6.04. The highest BCUT2D eigenvalue weighted by molar-refractivity contribution is 5.96. The first-order chi connectivity index (χ1) is 12.1. The Morgan fingerprint density at radius 3 is 2.84 bits per heavy atom. The molecule has 0 unspecified atom stereocenters. The molecule has 128 valence electrons. The van der Waals surface area contributed by atoms with Crippen LogP contribution in [0.3, 0.4) is 0 Å². The minimum absolute atomic E-state index is 0.112. The third-order valence-electron chi connectivity index (χ3n) is 4.24. The molecule has 0 spiro atoms. The number of anilines is 1. The fourth-order valence-corrected chi connectivity index (χ4v) is 3.00. The summed E-state index contributed by atoms with van der Waals surface area (Å²) in [7, 11) is 1.81. The molecule has 3 aromatic rings. The summed E-state index contributed by atoms with van der Waals surface area (Å²) >= 11 is 0. The van der Waals surface area contributed by atoms with Gasteiger partial charge in [-0.25, -0.2) is 4.79 Å². The maximum absolute atomic E-state index is 12.7. The van der Waals surface area contributed by atoms with Gasteiger partial charge in [0.2, 0.25) is 0 Å². The molecule has 1 fully saturated rings. The Hall–Kier alpha value is -3.09. The van der Waals surface area contributed by atoms with Crippen molar-refractivity contribution in [2.24, 2.45) is 7.05 Å². The van der Waals surface area contributed by atoms with Crippen LogP contribution < -0.4 is 15.3 Å². The van der Waals surface area contributed by atoms with Gasteiger partial charge in [-0.1, -0.05) is 0 Å². The summed E-state index contributed by atoms with van der Waals surface area (Å²) in [5.74, 6) is 1.02. The van der Waals surface area contributed by atoms with E-state index >= 15 is 0 Å². The van der Waals surface area contributed by atoms with Crippen molar-refractivity contribution in [3.05, 3.63) is 53.0 Å². The van der Waals surface area contributed by atoms with Crippen LogP contribution in [0.15, 0.2) is 51.8 Å². The Balaban J connectivity index is 1.57. The number of rotatable bonds is 3. The van der Waals surface area contributed by atoms with Crippen LogP contribution in [0.4, 0.5) is 5.82 Å². The summed E-state index contributed by atoms with van der Waals surface area (Å²) in [5.41, 5.74) is 0.0227. The summed E-state index contributed by atoms with van der Waals surface area (Å²) in [6.45, 7) is 0.627. The normalized spacial score (nSPS) is 17.9. The van der Waals surface area contributed by atoms with Crippen molar-refractivity contribution in [1.29, 1.82) is 0 Å². The second-order valence-electron chi connectivity index (χ2n) is 6.04.